The Morgan fingerprint density at radius 1 is 1.35 bits per heavy atom. The highest BCUT2D eigenvalue weighted by atomic mass is 19.1. The fourth-order valence-electron chi connectivity index (χ4n) is 2.51. The van der Waals surface area contributed by atoms with E-state index in [9.17, 15) is 4.39 Å². The zero-order chi connectivity index (χ0) is 16.1. The number of rotatable bonds is 6. The number of ether oxygens (including phenoxy) is 2. The molecular weight excluding hydrogens is 301 g/mol. The van der Waals surface area contributed by atoms with Gasteiger partial charge in [-0.1, -0.05) is 17.3 Å². The van der Waals surface area contributed by atoms with Gasteiger partial charge in [-0.2, -0.15) is 4.98 Å². The molecule has 0 saturated carbocycles. The van der Waals surface area contributed by atoms with Crippen LogP contribution in [-0.2, 0) is 11.2 Å². The van der Waals surface area contributed by atoms with Gasteiger partial charge in [-0.25, -0.2) is 4.39 Å². The van der Waals surface area contributed by atoms with E-state index >= 15 is 0 Å². The molecule has 0 amide bonds. The van der Waals surface area contributed by atoms with Gasteiger partial charge in [0.1, 0.15) is 12.4 Å². The van der Waals surface area contributed by atoms with Crippen molar-refractivity contribution < 1.29 is 18.4 Å². The normalized spacial score (nSPS) is 19.0. The number of morpholine rings is 1. The minimum atomic E-state index is -0.261. The lowest BCUT2D eigenvalue weighted by Crippen LogP contribution is -2.42. The number of benzene rings is 1. The van der Waals surface area contributed by atoms with E-state index in [1.54, 1.807) is 12.1 Å². The third-order valence-corrected chi connectivity index (χ3v) is 3.68. The van der Waals surface area contributed by atoms with Crippen LogP contribution in [0.2, 0.25) is 0 Å². The highest BCUT2D eigenvalue weighted by Gasteiger charge is 2.16. The second-order valence-corrected chi connectivity index (χ2v) is 5.61. The van der Waals surface area contributed by atoms with Crippen LogP contribution in [0.25, 0.3) is 0 Å². The zero-order valence-corrected chi connectivity index (χ0v) is 13.1. The minimum absolute atomic E-state index is 0.170. The molecule has 23 heavy (non-hydrogen) atoms. The molecule has 0 radical (unpaired) electrons. The van der Waals surface area contributed by atoms with Crippen molar-refractivity contribution in [2.24, 2.45) is 0 Å². The van der Waals surface area contributed by atoms with Crippen LogP contribution in [0.5, 0.6) is 6.08 Å². The van der Waals surface area contributed by atoms with Gasteiger partial charge in [0.15, 0.2) is 5.82 Å². The Kier molecular flexibility index (Phi) is 5.19. The lowest BCUT2D eigenvalue weighted by molar-refractivity contribution is -0.0224. The summed E-state index contributed by atoms with van der Waals surface area (Å²) in [5.74, 6) is 0.259. The van der Waals surface area contributed by atoms with Crippen molar-refractivity contribution in [2.75, 3.05) is 32.8 Å². The van der Waals surface area contributed by atoms with Crippen molar-refractivity contribution >= 4 is 0 Å². The average molecular weight is 321 g/mol. The molecule has 1 atom stereocenters. The number of hydrogen-bond acceptors (Lipinski definition) is 6. The van der Waals surface area contributed by atoms with E-state index < -0.39 is 0 Å². The lowest BCUT2D eigenvalue weighted by atomic mass is 10.1. The molecule has 2 aromatic rings. The van der Waals surface area contributed by atoms with Crippen LogP contribution in [0, 0.1) is 5.82 Å². The summed E-state index contributed by atoms with van der Waals surface area (Å²) < 4.78 is 28.9. The molecule has 0 aliphatic carbocycles. The maximum Gasteiger partial charge on any atom is 0.417 e. The van der Waals surface area contributed by atoms with E-state index in [1.165, 1.54) is 12.1 Å². The molecule has 6 nitrogen and oxygen atoms in total. The molecular formula is C16H20FN3O3. The fraction of sp³-hybridized carbons (Fsp3) is 0.500. The van der Waals surface area contributed by atoms with Gasteiger partial charge in [0.2, 0.25) is 0 Å². The van der Waals surface area contributed by atoms with Crippen molar-refractivity contribution in [2.45, 2.75) is 19.4 Å². The molecule has 1 aliphatic heterocycles. The molecule has 3 rings (SSSR count). The second-order valence-electron chi connectivity index (χ2n) is 5.61. The van der Waals surface area contributed by atoms with Crippen molar-refractivity contribution in [3.05, 3.63) is 41.5 Å². The molecule has 0 N–H and O–H groups in total. The Morgan fingerprint density at radius 3 is 2.96 bits per heavy atom. The molecule has 7 heteroatoms. The first-order valence-corrected chi connectivity index (χ1v) is 7.73. The standard InChI is InChI=1S/C16H20FN3O3/c1-12-11-20(6-8-21-12)7-9-22-16-18-15(19-23-16)10-13-2-4-14(17)5-3-13/h2-5,12H,6-11H2,1H3/t12-/m1/s1. The maximum atomic E-state index is 12.9. The second kappa shape index (κ2) is 7.52. The number of nitrogens with zero attached hydrogens (tertiary/aromatic N) is 3. The Hall–Kier alpha value is -1.99. The Labute approximate surface area is 134 Å². The number of hydrogen-bond donors (Lipinski definition) is 0. The molecule has 1 aliphatic rings. The molecule has 2 heterocycles. The highest BCUT2D eigenvalue weighted by molar-refractivity contribution is 5.19. The molecule has 1 saturated heterocycles. The monoisotopic (exact) mass is 321 g/mol. The van der Waals surface area contributed by atoms with E-state index in [0.717, 1.165) is 31.8 Å². The lowest BCUT2D eigenvalue weighted by Gasteiger charge is -2.30. The largest absolute Gasteiger partial charge is 0.448 e. The molecule has 1 aromatic carbocycles. The van der Waals surface area contributed by atoms with Crippen LogP contribution in [-0.4, -0.2) is 54.0 Å². The summed E-state index contributed by atoms with van der Waals surface area (Å²) in [6.45, 7) is 5.92. The first kappa shape index (κ1) is 15.9. The molecule has 124 valence electrons. The van der Waals surface area contributed by atoms with Gasteiger partial charge in [0, 0.05) is 26.1 Å². The summed E-state index contributed by atoms with van der Waals surface area (Å²) in [5.41, 5.74) is 0.918. The van der Waals surface area contributed by atoms with Gasteiger partial charge in [0.05, 0.1) is 12.7 Å². The summed E-state index contributed by atoms with van der Waals surface area (Å²) in [4.78, 5) is 6.47. The van der Waals surface area contributed by atoms with Crippen LogP contribution in [0.4, 0.5) is 4.39 Å². The van der Waals surface area contributed by atoms with E-state index in [1.807, 2.05) is 0 Å². The van der Waals surface area contributed by atoms with Gasteiger partial charge in [-0.05, 0) is 24.6 Å². The Morgan fingerprint density at radius 2 is 2.17 bits per heavy atom. The van der Waals surface area contributed by atoms with Gasteiger partial charge >= 0.3 is 6.08 Å². The molecule has 0 unspecified atom stereocenters. The van der Waals surface area contributed by atoms with Crippen LogP contribution in [0.3, 0.4) is 0 Å². The number of halogens is 1. The minimum Gasteiger partial charge on any atom is -0.448 e. The van der Waals surface area contributed by atoms with Crippen molar-refractivity contribution in [1.82, 2.24) is 15.0 Å². The third kappa shape index (κ3) is 4.74. The third-order valence-electron chi connectivity index (χ3n) is 3.68. The van der Waals surface area contributed by atoms with Gasteiger partial charge in [0.25, 0.3) is 0 Å². The average Bonchev–Trinajstić information content (AvgIpc) is 2.97. The zero-order valence-electron chi connectivity index (χ0n) is 13.1. The van der Waals surface area contributed by atoms with Crippen LogP contribution < -0.4 is 4.74 Å². The van der Waals surface area contributed by atoms with Gasteiger partial charge in [-0.15, -0.1) is 0 Å². The summed E-state index contributed by atoms with van der Waals surface area (Å²) in [6.07, 6.45) is 0.909. The first-order chi connectivity index (χ1) is 11.2. The van der Waals surface area contributed by atoms with Crippen molar-refractivity contribution in [3.8, 4) is 6.08 Å². The predicted octanol–water partition coefficient (Wildman–Crippen LogP) is 1.90. The summed E-state index contributed by atoms with van der Waals surface area (Å²) in [6, 6.07) is 6.23. The quantitative estimate of drug-likeness (QED) is 0.810. The first-order valence-electron chi connectivity index (χ1n) is 7.73. The number of aromatic nitrogens is 2. The summed E-state index contributed by atoms with van der Waals surface area (Å²) >= 11 is 0. The molecule has 0 spiro atoms. The topological polar surface area (TPSA) is 60.6 Å². The van der Waals surface area contributed by atoms with E-state index in [4.69, 9.17) is 14.0 Å². The van der Waals surface area contributed by atoms with Crippen LogP contribution in [0.15, 0.2) is 28.8 Å². The van der Waals surface area contributed by atoms with E-state index in [0.29, 0.717) is 18.9 Å². The smallest absolute Gasteiger partial charge is 0.417 e. The van der Waals surface area contributed by atoms with E-state index in [-0.39, 0.29) is 18.0 Å². The highest BCUT2D eigenvalue weighted by Crippen LogP contribution is 2.12. The molecule has 0 bridgehead atoms. The SMILES string of the molecule is C[C@@H]1CN(CCOc2nc(Cc3ccc(F)cc3)no2)CCO1. The van der Waals surface area contributed by atoms with E-state index in [2.05, 4.69) is 22.0 Å². The van der Waals surface area contributed by atoms with Crippen LogP contribution >= 0.6 is 0 Å². The van der Waals surface area contributed by atoms with Crippen LogP contribution in [0.1, 0.15) is 18.3 Å². The fourth-order valence-corrected chi connectivity index (χ4v) is 2.51. The predicted molar refractivity (Wildman–Crippen MR) is 80.9 cm³/mol. The maximum absolute atomic E-state index is 12.9. The Bertz CT molecular complexity index is 617. The van der Waals surface area contributed by atoms with Crippen molar-refractivity contribution in [1.29, 1.82) is 0 Å². The Balaban J connectivity index is 1.44. The molecule has 1 fully saturated rings. The summed E-state index contributed by atoms with van der Waals surface area (Å²) in [5, 5.41) is 3.87. The van der Waals surface area contributed by atoms with Gasteiger partial charge < -0.3 is 9.47 Å². The van der Waals surface area contributed by atoms with Crippen molar-refractivity contribution in [3.63, 3.8) is 0 Å². The summed E-state index contributed by atoms with van der Waals surface area (Å²) in [7, 11) is 0. The van der Waals surface area contributed by atoms with Gasteiger partial charge in [-0.3, -0.25) is 9.42 Å². The molecule has 1 aromatic heterocycles.